The number of sulfonamides is 1. The zero-order chi connectivity index (χ0) is 14.4. The summed E-state index contributed by atoms with van der Waals surface area (Å²) in [4.78, 5) is 4.96. The van der Waals surface area contributed by atoms with E-state index in [2.05, 4.69) is 21.9 Å². The number of aromatic nitrogens is 2. The molecule has 0 radical (unpaired) electrons. The van der Waals surface area contributed by atoms with Crippen molar-refractivity contribution in [3.63, 3.8) is 0 Å². The van der Waals surface area contributed by atoms with Gasteiger partial charge in [0.05, 0.1) is 0 Å². The molecule has 110 valence electrons. The second-order valence-corrected chi connectivity index (χ2v) is 7.80. The number of nitrogens with one attached hydrogen (secondary N) is 2. The molecule has 1 saturated carbocycles. The van der Waals surface area contributed by atoms with Crippen LogP contribution in [0.15, 0.2) is 16.6 Å². The molecule has 20 heavy (non-hydrogen) atoms. The van der Waals surface area contributed by atoms with E-state index < -0.39 is 10.0 Å². The summed E-state index contributed by atoms with van der Waals surface area (Å²) >= 11 is 1.41. The van der Waals surface area contributed by atoms with Crippen molar-refractivity contribution in [1.82, 2.24) is 14.1 Å². The lowest BCUT2D eigenvalue weighted by Gasteiger charge is -2.14. The van der Waals surface area contributed by atoms with Gasteiger partial charge in [-0.25, -0.2) is 18.1 Å². The molecule has 0 unspecified atom stereocenters. The normalized spacial score (nSPS) is 17.5. The fourth-order valence-corrected chi connectivity index (χ4v) is 4.55. The second kappa shape index (κ2) is 4.71. The molecule has 0 aliphatic heterocycles. The van der Waals surface area contributed by atoms with Crippen molar-refractivity contribution in [1.29, 1.82) is 0 Å². The van der Waals surface area contributed by atoms with Crippen LogP contribution in [0, 0.1) is 5.41 Å². The van der Waals surface area contributed by atoms with Gasteiger partial charge in [-0.15, -0.1) is 11.3 Å². The van der Waals surface area contributed by atoms with Crippen LogP contribution in [0.5, 0.6) is 0 Å². The highest BCUT2D eigenvalue weighted by molar-refractivity contribution is 7.89. The van der Waals surface area contributed by atoms with Gasteiger partial charge in [0.15, 0.2) is 15.8 Å². The lowest BCUT2D eigenvalue weighted by atomic mass is 10.1. The number of anilines is 1. The summed E-state index contributed by atoms with van der Waals surface area (Å²) in [5.74, 6) is 0.394. The SMILES string of the molecule is CCC1(CNS(=O)(=O)c2c(NC)nc3sccn23)CC1. The molecule has 2 N–H and O–H groups in total. The van der Waals surface area contributed by atoms with Crippen molar-refractivity contribution in [2.24, 2.45) is 5.41 Å². The number of imidazole rings is 1. The number of hydrogen-bond acceptors (Lipinski definition) is 5. The summed E-state index contributed by atoms with van der Waals surface area (Å²) in [5.41, 5.74) is 0.172. The molecule has 0 amide bonds. The molecule has 0 saturated heterocycles. The van der Waals surface area contributed by atoms with Gasteiger partial charge in [-0.1, -0.05) is 6.92 Å². The third kappa shape index (κ3) is 2.21. The first kappa shape index (κ1) is 13.8. The average molecular weight is 314 g/mol. The van der Waals surface area contributed by atoms with Crippen LogP contribution in [-0.4, -0.2) is 31.4 Å². The minimum Gasteiger partial charge on any atom is -0.371 e. The highest BCUT2D eigenvalue weighted by Gasteiger charge is 2.41. The van der Waals surface area contributed by atoms with Crippen LogP contribution in [0.25, 0.3) is 4.96 Å². The predicted molar refractivity (Wildman–Crippen MR) is 79.8 cm³/mol. The van der Waals surface area contributed by atoms with Crippen LogP contribution in [0.1, 0.15) is 26.2 Å². The Balaban J connectivity index is 1.94. The van der Waals surface area contributed by atoms with E-state index in [4.69, 9.17) is 0 Å². The molecule has 1 fully saturated rings. The number of rotatable bonds is 6. The van der Waals surface area contributed by atoms with Crippen LogP contribution in [0.3, 0.4) is 0 Å². The molecule has 0 bridgehead atoms. The molecule has 2 aromatic rings. The van der Waals surface area contributed by atoms with Gasteiger partial charge in [0.1, 0.15) is 0 Å². The Morgan fingerprint density at radius 2 is 2.25 bits per heavy atom. The van der Waals surface area contributed by atoms with Crippen molar-refractivity contribution in [3.05, 3.63) is 11.6 Å². The molecule has 0 spiro atoms. The van der Waals surface area contributed by atoms with Gasteiger partial charge in [-0.2, -0.15) is 0 Å². The predicted octanol–water partition coefficient (Wildman–Crippen LogP) is 1.91. The van der Waals surface area contributed by atoms with Crippen molar-refractivity contribution in [2.75, 3.05) is 18.9 Å². The Bertz CT molecular complexity index is 728. The monoisotopic (exact) mass is 314 g/mol. The molecule has 2 aromatic heterocycles. The summed E-state index contributed by atoms with van der Waals surface area (Å²) in [6.45, 7) is 2.61. The molecule has 0 atom stereocenters. The fourth-order valence-electron chi connectivity index (χ4n) is 2.33. The maximum atomic E-state index is 12.6. The minimum atomic E-state index is -3.56. The zero-order valence-electron chi connectivity index (χ0n) is 11.5. The summed E-state index contributed by atoms with van der Waals surface area (Å²) in [6.07, 6.45) is 4.94. The molecule has 1 aliphatic rings. The first-order chi connectivity index (χ1) is 9.51. The van der Waals surface area contributed by atoms with E-state index in [0.29, 0.717) is 17.3 Å². The van der Waals surface area contributed by atoms with Gasteiger partial charge >= 0.3 is 0 Å². The summed E-state index contributed by atoms with van der Waals surface area (Å²) in [7, 11) is -1.88. The van der Waals surface area contributed by atoms with Crippen LogP contribution in [0.2, 0.25) is 0 Å². The van der Waals surface area contributed by atoms with Gasteiger partial charge in [0.25, 0.3) is 10.0 Å². The third-order valence-corrected chi connectivity index (χ3v) is 6.23. The van der Waals surface area contributed by atoms with E-state index in [9.17, 15) is 8.42 Å². The highest BCUT2D eigenvalue weighted by Crippen LogP contribution is 2.48. The Morgan fingerprint density at radius 3 is 2.85 bits per heavy atom. The van der Waals surface area contributed by atoms with Gasteiger partial charge in [-0.05, 0) is 24.7 Å². The lowest BCUT2D eigenvalue weighted by molar-refractivity contribution is 0.475. The van der Waals surface area contributed by atoms with Crippen molar-refractivity contribution < 1.29 is 8.42 Å². The third-order valence-electron chi connectivity index (χ3n) is 4.05. The van der Waals surface area contributed by atoms with Gasteiger partial charge < -0.3 is 5.32 Å². The molecule has 2 heterocycles. The largest absolute Gasteiger partial charge is 0.371 e. The van der Waals surface area contributed by atoms with Crippen LogP contribution in [-0.2, 0) is 10.0 Å². The maximum absolute atomic E-state index is 12.6. The van der Waals surface area contributed by atoms with Crippen molar-refractivity contribution in [2.45, 2.75) is 31.2 Å². The molecular weight excluding hydrogens is 296 g/mol. The van der Waals surface area contributed by atoms with Gasteiger partial charge in [0.2, 0.25) is 0 Å². The Labute approximate surface area is 122 Å². The quantitative estimate of drug-likeness (QED) is 0.854. The second-order valence-electron chi connectivity index (χ2n) is 5.25. The Kier molecular flexibility index (Phi) is 3.26. The van der Waals surface area contributed by atoms with Crippen LogP contribution < -0.4 is 10.0 Å². The van der Waals surface area contributed by atoms with E-state index in [1.54, 1.807) is 17.6 Å². The number of thiazole rings is 1. The molecule has 0 aromatic carbocycles. The topological polar surface area (TPSA) is 75.5 Å². The van der Waals surface area contributed by atoms with Gasteiger partial charge in [0, 0.05) is 25.2 Å². The van der Waals surface area contributed by atoms with E-state index in [0.717, 1.165) is 19.3 Å². The number of fused-ring (bicyclic) bond motifs is 1. The molecule has 1 aliphatic carbocycles. The summed E-state index contributed by atoms with van der Waals surface area (Å²) in [6, 6.07) is 0. The first-order valence-electron chi connectivity index (χ1n) is 6.64. The number of nitrogens with zero attached hydrogens (tertiary/aromatic N) is 2. The summed E-state index contributed by atoms with van der Waals surface area (Å²) in [5, 5.41) is 4.89. The van der Waals surface area contributed by atoms with E-state index in [-0.39, 0.29) is 10.4 Å². The van der Waals surface area contributed by atoms with Crippen molar-refractivity contribution >= 4 is 32.1 Å². The molecular formula is C12H18N4O2S2. The zero-order valence-corrected chi connectivity index (χ0v) is 13.1. The minimum absolute atomic E-state index is 0.172. The fraction of sp³-hybridized carbons (Fsp3) is 0.583. The Morgan fingerprint density at radius 1 is 1.50 bits per heavy atom. The van der Waals surface area contributed by atoms with Crippen LogP contribution in [0.4, 0.5) is 5.82 Å². The lowest BCUT2D eigenvalue weighted by Crippen LogP contribution is -2.31. The summed E-state index contributed by atoms with van der Waals surface area (Å²) < 4.78 is 29.5. The highest BCUT2D eigenvalue weighted by atomic mass is 32.2. The standard InChI is InChI=1S/C12H18N4O2S2/c1-3-12(4-5-12)8-14-20(17,18)10-9(13-2)15-11-16(10)6-7-19-11/h6-7,13-14H,3-5,8H2,1-2H3. The van der Waals surface area contributed by atoms with Gasteiger partial charge in [-0.3, -0.25) is 4.40 Å². The average Bonchev–Trinajstić information content (AvgIpc) is 2.92. The van der Waals surface area contributed by atoms with Crippen molar-refractivity contribution in [3.8, 4) is 0 Å². The smallest absolute Gasteiger partial charge is 0.260 e. The van der Waals surface area contributed by atoms with Crippen LogP contribution >= 0.6 is 11.3 Å². The maximum Gasteiger partial charge on any atom is 0.260 e. The van der Waals surface area contributed by atoms with E-state index in [1.165, 1.54) is 11.3 Å². The first-order valence-corrected chi connectivity index (χ1v) is 9.01. The molecule has 3 rings (SSSR count). The van der Waals surface area contributed by atoms with E-state index in [1.807, 2.05) is 5.38 Å². The Hall–Kier alpha value is -1.12. The number of hydrogen-bond donors (Lipinski definition) is 2. The van der Waals surface area contributed by atoms with E-state index >= 15 is 0 Å². The molecule has 6 nitrogen and oxygen atoms in total. The molecule has 8 heteroatoms.